The Kier molecular flexibility index (Phi) is 12.3. The highest BCUT2D eigenvalue weighted by molar-refractivity contribution is 5.12. The van der Waals surface area contributed by atoms with Crippen LogP contribution in [0.4, 0.5) is 65.9 Å². The number of unbranched alkanes of at least 4 members (excludes halogenated alkanes) is 11. The summed E-state index contributed by atoms with van der Waals surface area (Å²) in [5.74, 6) is -45.8. The van der Waals surface area contributed by atoms with E-state index in [0.29, 0.717) is 12.8 Å². The molecule has 0 nitrogen and oxygen atoms in total. The van der Waals surface area contributed by atoms with E-state index >= 15 is 0 Å². The molecule has 0 aliphatic carbocycles. The zero-order valence-electron chi connectivity index (χ0n) is 19.4. The zero-order chi connectivity index (χ0) is 28.7. The molecule has 0 radical (unpaired) electrons. The largest absolute Gasteiger partial charge is 0.460 e. The molecule has 0 aromatic carbocycles. The van der Waals surface area contributed by atoms with Crippen LogP contribution < -0.4 is 0 Å². The molecule has 0 rings (SSSR count). The molecular formula is C21H29F15. The Morgan fingerprint density at radius 3 is 0.944 bits per heavy atom. The van der Waals surface area contributed by atoms with E-state index in [1.807, 2.05) is 0 Å². The fourth-order valence-corrected chi connectivity index (χ4v) is 3.34. The quantitative estimate of drug-likeness (QED) is 0.114. The van der Waals surface area contributed by atoms with Crippen molar-refractivity contribution in [3.8, 4) is 0 Å². The molecule has 0 saturated heterocycles. The lowest BCUT2D eigenvalue weighted by Gasteiger charge is -2.41. The number of rotatable bonds is 18. The summed E-state index contributed by atoms with van der Waals surface area (Å²) in [4.78, 5) is 0. The summed E-state index contributed by atoms with van der Waals surface area (Å²) >= 11 is 0. The molecule has 36 heavy (non-hydrogen) atoms. The van der Waals surface area contributed by atoms with Gasteiger partial charge in [-0.25, -0.2) is 0 Å². The van der Waals surface area contributed by atoms with Crippen molar-refractivity contribution in [3.05, 3.63) is 0 Å². The van der Waals surface area contributed by atoms with Crippen LogP contribution in [0.15, 0.2) is 0 Å². The minimum atomic E-state index is -8.21. The van der Waals surface area contributed by atoms with Gasteiger partial charge in [0, 0.05) is 6.42 Å². The van der Waals surface area contributed by atoms with Gasteiger partial charge in [-0.3, -0.25) is 0 Å². The molecule has 0 amide bonds. The average Bonchev–Trinajstić information content (AvgIpc) is 2.72. The lowest BCUT2D eigenvalue weighted by molar-refractivity contribution is -0.452. The number of halogens is 15. The Labute approximate surface area is 199 Å². The molecule has 0 aliphatic heterocycles. The van der Waals surface area contributed by atoms with Crippen LogP contribution in [0.1, 0.15) is 90.4 Å². The first-order valence-corrected chi connectivity index (χ1v) is 11.4. The molecule has 0 fully saturated rings. The van der Waals surface area contributed by atoms with E-state index in [0.717, 1.165) is 44.9 Å². The second-order valence-corrected chi connectivity index (χ2v) is 8.71. The highest BCUT2D eigenvalue weighted by atomic mass is 19.4. The van der Waals surface area contributed by atoms with Crippen molar-refractivity contribution in [3.63, 3.8) is 0 Å². The molecule has 0 heterocycles. The first-order chi connectivity index (χ1) is 16.1. The van der Waals surface area contributed by atoms with Gasteiger partial charge in [-0.05, 0) is 6.42 Å². The summed E-state index contributed by atoms with van der Waals surface area (Å²) in [6.07, 6.45) is -2.76. The topological polar surface area (TPSA) is 0 Å². The minimum absolute atomic E-state index is 0.167. The van der Waals surface area contributed by atoms with E-state index in [1.165, 1.54) is 0 Å². The second kappa shape index (κ2) is 12.7. The summed E-state index contributed by atoms with van der Waals surface area (Å²) in [6.45, 7) is 2.05. The van der Waals surface area contributed by atoms with Crippen LogP contribution in [0, 0.1) is 0 Å². The zero-order valence-corrected chi connectivity index (χ0v) is 19.4. The highest BCUT2D eigenvalue weighted by Gasteiger charge is 2.93. The van der Waals surface area contributed by atoms with Crippen molar-refractivity contribution >= 4 is 0 Å². The third kappa shape index (κ3) is 7.28. The van der Waals surface area contributed by atoms with E-state index < -0.39 is 54.6 Å². The molecule has 0 aromatic rings. The summed E-state index contributed by atoms with van der Waals surface area (Å²) in [5.41, 5.74) is 0. The van der Waals surface area contributed by atoms with Crippen LogP contribution in [0.2, 0.25) is 0 Å². The van der Waals surface area contributed by atoms with Crippen molar-refractivity contribution < 1.29 is 65.9 Å². The Morgan fingerprint density at radius 1 is 0.333 bits per heavy atom. The maximum absolute atomic E-state index is 13.7. The fraction of sp³-hybridized carbons (Fsp3) is 1.00. The van der Waals surface area contributed by atoms with Crippen molar-refractivity contribution in [2.45, 2.75) is 132 Å². The summed E-state index contributed by atoms with van der Waals surface area (Å²) < 4.78 is 197. The van der Waals surface area contributed by atoms with Gasteiger partial charge in [0.25, 0.3) is 0 Å². The van der Waals surface area contributed by atoms with Crippen LogP contribution in [0.25, 0.3) is 0 Å². The molecule has 0 N–H and O–H groups in total. The first-order valence-electron chi connectivity index (χ1n) is 11.4. The molecule has 0 unspecified atom stereocenters. The Bertz CT molecular complexity index is 638. The van der Waals surface area contributed by atoms with Gasteiger partial charge in [0.2, 0.25) is 0 Å². The molecule has 0 atom stereocenters. The predicted octanol–water partition coefficient (Wildman–Crippen LogP) is 10.5. The van der Waals surface area contributed by atoms with E-state index in [9.17, 15) is 65.9 Å². The molecule has 15 heteroatoms. The van der Waals surface area contributed by atoms with E-state index in [1.54, 1.807) is 0 Å². The molecule has 0 spiro atoms. The summed E-state index contributed by atoms with van der Waals surface area (Å²) in [6, 6.07) is 0. The van der Waals surface area contributed by atoms with Crippen molar-refractivity contribution in [2.24, 2.45) is 0 Å². The monoisotopic (exact) mass is 566 g/mol. The van der Waals surface area contributed by atoms with Crippen molar-refractivity contribution in [1.29, 1.82) is 0 Å². The van der Waals surface area contributed by atoms with Gasteiger partial charge in [-0.2, -0.15) is 65.9 Å². The predicted molar refractivity (Wildman–Crippen MR) is 101 cm³/mol. The smallest absolute Gasteiger partial charge is 0.200 e. The second-order valence-electron chi connectivity index (χ2n) is 8.71. The van der Waals surface area contributed by atoms with Gasteiger partial charge in [-0.1, -0.05) is 77.6 Å². The van der Waals surface area contributed by atoms with Crippen molar-refractivity contribution in [1.82, 2.24) is 0 Å². The van der Waals surface area contributed by atoms with Gasteiger partial charge < -0.3 is 0 Å². The average molecular weight is 566 g/mol. The molecule has 218 valence electrons. The maximum atomic E-state index is 13.7. The van der Waals surface area contributed by atoms with Gasteiger partial charge >= 0.3 is 41.7 Å². The lowest BCUT2D eigenvalue weighted by atomic mass is 9.89. The Morgan fingerprint density at radius 2 is 0.611 bits per heavy atom. The standard InChI is InChI=1S/C21H29F15/c1-2-3-4-5-6-7-8-9-10-11-12-13-14-15(22,23)16(24,25)17(26,27)18(28,29)19(30,31)20(32,33)21(34,35)36/h2-14H2,1H3. The molecule has 0 bridgehead atoms. The van der Waals surface area contributed by atoms with Gasteiger partial charge in [0.15, 0.2) is 0 Å². The molecule has 0 aromatic heterocycles. The van der Waals surface area contributed by atoms with Crippen molar-refractivity contribution in [2.75, 3.05) is 0 Å². The van der Waals surface area contributed by atoms with Crippen LogP contribution in [-0.4, -0.2) is 41.7 Å². The lowest BCUT2D eigenvalue weighted by Crippen LogP contribution is -2.72. The number of hydrogen-bond donors (Lipinski definition) is 0. The summed E-state index contributed by atoms with van der Waals surface area (Å²) in [7, 11) is 0. The molecule has 0 aliphatic rings. The molecular weight excluding hydrogens is 537 g/mol. The van der Waals surface area contributed by atoms with E-state index in [-0.39, 0.29) is 12.8 Å². The van der Waals surface area contributed by atoms with Gasteiger partial charge in [0.05, 0.1) is 0 Å². The molecule has 0 saturated carbocycles. The Balaban J connectivity index is 5.05. The third-order valence-electron chi connectivity index (χ3n) is 5.74. The number of alkyl halides is 15. The van der Waals surface area contributed by atoms with Crippen LogP contribution in [-0.2, 0) is 0 Å². The van der Waals surface area contributed by atoms with Gasteiger partial charge in [0.1, 0.15) is 0 Å². The number of hydrogen-bond acceptors (Lipinski definition) is 0. The van der Waals surface area contributed by atoms with Crippen LogP contribution in [0.5, 0.6) is 0 Å². The van der Waals surface area contributed by atoms with E-state index in [4.69, 9.17) is 0 Å². The highest BCUT2D eigenvalue weighted by Crippen LogP contribution is 2.62. The SMILES string of the molecule is CCCCCCCCCCCCCCC(F)(F)C(F)(F)C(F)(F)C(F)(F)C(F)(F)C(F)(F)C(F)(F)F. The van der Waals surface area contributed by atoms with E-state index in [2.05, 4.69) is 6.92 Å². The normalized spacial score (nSPS) is 15.0. The Hall–Kier alpha value is -1.05. The van der Waals surface area contributed by atoms with Crippen LogP contribution in [0.3, 0.4) is 0 Å². The minimum Gasteiger partial charge on any atom is -0.200 e. The first kappa shape index (κ1) is 35.0. The van der Waals surface area contributed by atoms with Gasteiger partial charge in [-0.15, -0.1) is 0 Å². The third-order valence-corrected chi connectivity index (χ3v) is 5.74. The fourth-order valence-electron chi connectivity index (χ4n) is 3.34. The van der Waals surface area contributed by atoms with Crippen LogP contribution >= 0.6 is 0 Å². The maximum Gasteiger partial charge on any atom is 0.460 e. The summed E-state index contributed by atoms with van der Waals surface area (Å²) in [5, 5.41) is 0.